The number of hydrogen-bond acceptors (Lipinski definition) is 5. The number of rotatable bonds is 7. The summed E-state index contributed by atoms with van der Waals surface area (Å²) in [5.41, 5.74) is 0.214. The van der Waals surface area contributed by atoms with Gasteiger partial charge in [-0.3, -0.25) is 0 Å². The Morgan fingerprint density at radius 1 is 1.43 bits per heavy atom. The Labute approximate surface area is 124 Å². The topological polar surface area (TPSA) is 101 Å². The second-order valence-electron chi connectivity index (χ2n) is 5.30. The summed E-state index contributed by atoms with van der Waals surface area (Å²) < 4.78 is 34.8. The number of carbonyl (C=O) groups is 1. The summed E-state index contributed by atoms with van der Waals surface area (Å²) in [6, 6.07) is 1.41. The van der Waals surface area contributed by atoms with Gasteiger partial charge in [0.25, 0.3) is 0 Å². The van der Waals surface area contributed by atoms with E-state index < -0.39 is 16.0 Å². The van der Waals surface area contributed by atoms with Gasteiger partial charge in [-0.25, -0.2) is 18.4 Å². The molecule has 1 heterocycles. The van der Waals surface area contributed by atoms with Crippen molar-refractivity contribution < 1.29 is 22.7 Å². The second-order valence-corrected chi connectivity index (χ2v) is 6.86. The van der Waals surface area contributed by atoms with Crippen molar-refractivity contribution in [1.29, 1.82) is 0 Å². The molecule has 1 aromatic heterocycles. The molecule has 1 aromatic rings. The zero-order valence-electron chi connectivity index (χ0n) is 12.1. The summed E-state index contributed by atoms with van der Waals surface area (Å²) in [6.45, 7) is 4.20. The van der Waals surface area contributed by atoms with Crippen molar-refractivity contribution in [3.63, 3.8) is 0 Å². The third-order valence-electron chi connectivity index (χ3n) is 3.07. The third-order valence-corrected chi connectivity index (χ3v) is 3.95. The van der Waals surface area contributed by atoms with Crippen LogP contribution in [0.3, 0.4) is 0 Å². The number of sulfonamides is 1. The first kappa shape index (κ1) is 16.0. The van der Waals surface area contributed by atoms with Crippen molar-refractivity contribution >= 4 is 16.0 Å². The summed E-state index contributed by atoms with van der Waals surface area (Å²) in [5, 5.41) is 5.10. The van der Waals surface area contributed by atoms with Gasteiger partial charge in [0.2, 0.25) is 10.0 Å². The fourth-order valence-electron chi connectivity index (χ4n) is 1.92. The van der Waals surface area contributed by atoms with E-state index in [9.17, 15) is 13.2 Å². The van der Waals surface area contributed by atoms with E-state index >= 15 is 0 Å². The molecule has 0 aromatic carbocycles. The van der Waals surface area contributed by atoms with Crippen LogP contribution in [0.4, 0.5) is 0 Å². The molecule has 2 N–H and O–H groups in total. The first-order chi connectivity index (χ1) is 9.79. The molecule has 0 bridgehead atoms. The average Bonchev–Trinajstić information content (AvgIpc) is 3.11. The Kier molecular flexibility index (Phi) is 4.70. The van der Waals surface area contributed by atoms with Crippen LogP contribution in [0.15, 0.2) is 17.2 Å². The molecular formula is C13H20N2O5S. The molecule has 0 radical (unpaired) electrons. The van der Waals surface area contributed by atoms with Crippen LogP contribution in [0.25, 0.3) is 0 Å². The van der Waals surface area contributed by atoms with Crippen LogP contribution < -0.4 is 5.14 Å². The van der Waals surface area contributed by atoms with E-state index in [4.69, 9.17) is 14.6 Å². The maximum absolute atomic E-state index is 12.0. The maximum Gasteiger partial charge on any atom is 0.355 e. The molecular weight excluding hydrogens is 296 g/mol. The fraction of sp³-hybridized carbons (Fsp3) is 0.615. The highest BCUT2D eigenvalue weighted by Crippen LogP contribution is 2.37. The molecule has 1 aliphatic carbocycles. The van der Waals surface area contributed by atoms with Gasteiger partial charge in [-0.2, -0.15) is 0 Å². The Bertz CT molecular complexity index is 617. The van der Waals surface area contributed by atoms with E-state index in [0.717, 1.165) is 12.8 Å². The van der Waals surface area contributed by atoms with E-state index in [-0.39, 0.29) is 29.3 Å². The van der Waals surface area contributed by atoms with Gasteiger partial charge >= 0.3 is 5.97 Å². The number of nitrogens with two attached hydrogens (primary N) is 1. The molecule has 0 amide bonds. The zero-order valence-corrected chi connectivity index (χ0v) is 12.9. The first-order valence-electron chi connectivity index (χ1n) is 6.82. The lowest BCUT2D eigenvalue weighted by atomic mass is 10.4. The van der Waals surface area contributed by atoms with Crippen LogP contribution in [0.1, 0.15) is 43.2 Å². The highest BCUT2D eigenvalue weighted by molar-refractivity contribution is 7.89. The minimum atomic E-state index is -3.83. The van der Waals surface area contributed by atoms with Crippen LogP contribution in [0.5, 0.6) is 0 Å². The SMILES string of the molecule is CC(C)OCCOC(=O)c1cc(S(N)(=O)=O)cn1C1CC1. The fourth-order valence-corrected chi connectivity index (χ4v) is 2.46. The number of esters is 1. The van der Waals surface area contributed by atoms with Crippen molar-refractivity contribution in [3.8, 4) is 0 Å². The Morgan fingerprint density at radius 2 is 2.10 bits per heavy atom. The molecule has 1 fully saturated rings. The minimum absolute atomic E-state index is 0.0630. The van der Waals surface area contributed by atoms with E-state index in [0.29, 0.717) is 6.61 Å². The van der Waals surface area contributed by atoms with Crippen molar-refractivity contribution in [2.45, 2.75) is 43.7 Å². The molecule has 21 heavy (non-hydrogen) atoms. The van der Waals surface area contributed by atoms with Crippen LogP contribution in [-0.4, -0.2) is 38.3 Å². The zero-order chi connectivity index (χ0) is 15.6. The first-order valence-corrected chi connectivity index (χ1v) is 8.37. The van der Waals surface area contributed by atoms with Crippen LogP contribution in [-0.2, 0) is 19.5 Å². The summed E-state index contributed by atoms with van der Waals surface area (Å²) in [4.78, 5) is 12.0. The normalized spacial score (nSPS) is 15.4. The predicted molar refractivity (Wildman–Crippen MR) is 75.4 cm³/mol. The van der Waals surface area contributed by atoms with E-state index in [1.807, 2.05) is 13.8 Å². The van der Waals surface area contributed by atoms with Crippen molar-refractivity contribution in [3.05, 3.63) is 18.0 Å². The number of nitrogens with zero attached hydrogens (tertiary/aromatic N) is 1. The van der Waals surface area contributed by atoms with Gasteiger partial charge in [0.15, 0.2) is 0 Å². The molecule has 0 spiro atoms. The Hall–Kier alpha value is -1.38. The summed E-state index contributed by atoms with van der Waals surface area (Å²) in [6.07, 6.45) is 3.28. The van der Waals surface area contributed by atoms with Gasteiger partial charge in [-0.05, 0) is 32.8 Å². The monoisotopic (exact) mass is 316 g/mol. The molecule has 0 atom stereocenters. The highest BCUT2D eigenvalue weighted by Gasteiger charge is 2.30. The standard InChI is InChI=1S/C13H20N2O5S/c1-9(2)19-5-6-20-13(16)12-7-11(21(14,17)18)8-15(12)10-3-4-10/h7-10H,3-6H2,1-2H3,(H2,14,17,18). The predicted octanol–water partition coefficient (Wildman–Crippen LogP) is 1.05. The number of aromatic nitrogens is 1. The van der Waals surface area contributed by atoms with Crippen molar-refractivity contribution in [2.24, 2.45) is 5.14 Å². The second kappa shape index (κ2) is 6.17. The van der Waals surface area contributed by atoms with E-state index in [1.54, 1.807) is 4.57 Å². The average molecular weight is 316 g/mol. The van der Waals surface area contributed by atoms with Gasteiger partial charge in [0, 0.05) is 12.2 Å². The minimum Gasteiger partial charge on any atom is -0.459 e. The molecule has 0 aliphatic heterocycles. The highest BCUT2D eigenvalue weighted by atomic mass is 32.2. The van der Waals surface area contributed by atoms with Gasteiger partial charge in [-0.15, -0.1) is 0 Å². The number of primary sulfonamides is 1. The molecule has 0 unspecified atom stereocenters. The number of carbonyl (C=O) groups excluding carboxylic acids is 1. The molecule has 2 rings (SSSR count). The van der Waals surface area contributed by atoms with Gasteiger partial charge < -0.3 is 14.0 Å². The summed E-state index contributed by atoms with van der Waals surface area (Å²) in [5.74, 6) is -0.566. The molecule has 118 valence electrons. The molecule has 8 heteroatoms. The summed E-state index contributed by atoms with van der Waals surface area (Å²) in [7, 11) is -3.83. The number of hydrogen-bond donors (Lipinski definition) is 1. The molecule has 7 nitrogen and oxygen atoms in total. The molecule has 0 saturated heterocycles. The Morgan fingerprint density at radius 3 is 2.62 bits per heavy atom. The lowest BCUT2D eigenvalue weighted by Gasteiger charge is -2.09. The lowest BCUT2D eigenvalue weighted by molar-refractivity contribution is 0.0169. The lowest BCUT2D eigenvalue weighted by Crippen LogP contribution is -2.16. The number of ether oxygens (including phenoxy) is 2. The molecule has 1 saturated carbocycles. The Balaban J connectivity index is 2.07. The summed E-state index contributed by atoms with van der Waals surface area (Å²) >= 11 is 0. The smallest absolute Gasteiger partial charge is 0.355 e. The third kappa shape index (κ3) is 4.29. The van der Waals surface area contributed by atoms with E-state index in [2.05, 4.69) is 0 Å². The quantitative estimate of drug-likeness (QED) is 0.598. The van der Waals surface area contributed by atoms with Crippen LogP contribution >= 0.6 is 0 Å². The van der Waals surface area contributed by atoms with Crippen LogP contribution in [0.2, 0.25) is 0 Å². The van der Waals surface area contributed by atoms with Gasteiger partial charge in [0.1, 0.15) is 17.2 Å². The van der Waals surface area contributed by atoms with Crippen LogP contribution in [0, 0.1) is 0 Å². The largest absolute Gasteiger partial charge is 0.459 e. The van der Waals surface area contributed by atoms with Crippen molar-refractivity contribution in [2.75, 3.05) is 13.2 Å². The van der Waals surface area contributed by atoms with Gasteiger partial charge in [-0.1, -0.05) is 0 Å². The van der Waals surface area contributed by atoms with E-state index in [1.165, 1.54) is 12.3 Å². The maximum atomic E-state index is 12.0. The van der Waals surface area contributed by atoms with Crippen molar-refractivity contribution in [1.82, 2.24) is 4.57 Å². The molecule has 1 aliphatic rings. The van der Waals surface area contributed by atoms with Gasteiger partial charge in [0.05, 0.1) is 12.7 Å².